The number of hydrogen-bond donors (Lipinski definition) is 2. The van der Waals surface area contributed by atoms with E-state index in [9.17, 15) is 0 Å². The summed E-state index contributed by atoms with van der Waals surface area (Å²) in [6.45, 7) is 3.84. The van der Waals surface area contributed by atoms with Gasteiger partial charge < -0.3 is 15.8 Å². The minimum absolute atomic E-state index is 0.324. The molecule has 2 unspecified atom stereocenters. The summed E-state index contributed by atoms with van der Waals surface area (Å²) in [5, 5.41) is 3.52. The van der Waals surface area contributed by atoms with E-state index in [1.54, 1.807) is 0 Å². The molecule has 0 saturated heterocycles. The van der Waals surface area contributed by atoms with Gasteiger partial charge in [0.15, 0.2) is 5.96 Å². The Labute approximate surface area is 128 Å². The Hall–Kier alpha value is -0.770. The van der Waals surface area contributed by atoms with Crippen LogP contribution in [-0.4, -0.2) is 31.3 Å². The second-order valence-corrected chi connectivity index (χ2v) is 7.19. The topological polar surface area (TPSA) is 59.6 Å². The number of nitrogens with two attached hydrogens (primary N) is 1. The molecule has 3 fully saturated rings. The summed E-state index contributed by atoms with van der Waals surface area (Å²) in [4.78, 5) is 4.56. The minimum atomic E-state index is 0.324. The van der Waals surface area contributed by atoms with E-state index >= 15 is 0 Å². The van der Waals surface area contributed by atoms with Crippen molar-refractivity contribution in [2.75, 3.05) is 13.2 Å². The average molecular weight is 293 g/mol. The number of guanidine groups is 1. The Morgan fingerprint density at radius 2 is 2.00 bits per heavy atom. The van der Waals surface area contributed by atoms with Crippen molar-refractivity contribution in [3.05, 3.63) is 0 Å². The molecule has 0 aliphatic heterocycles. The third kappa shape index (κ3) is 3.05. The van der Waals surface area contributed by atoms with Gasteiger partial charge in [-0.05, 0) is 44.9 Å². The fraction of sp³-hybridized carbons (Fsp3) is 0.941. The fourth-order valence-corrected chi connectivity index (χ4v) is 4.39. The van der Waals surface area contributed by atoms with Gasteiger partial charge in [-0.25, -0.2) is 0 Å². The second-order valence-electron chi connectivity index (χ2n) is 7.19. The maximum absolute atomic E-state index is 6.12. The zero-order chi connectivity index (χ0) is 14.7. The first kappa shape index (κ1) is 15.1. The lowest BCUT2D eigenvalue weighted by Gasteiger charge is -2.57. The maximum Gasteiger partial charge on any atom is 0.188 e. The molecule has 3 aliphatic carbocycles. The molecule has 4 heteroatoms. The van der Waals surface area contributed by atoms with Crippen molar-refractivity contribution in [3.8, 4) is 0 Å². The van der Waals surface area contributed by atoms with Gasteiger partial charge in [-0.2, -0.15) is 0 Å². The van der Waals surface area contributed by atoms with Crippen LogP contribution in [-0.2, 0) is 4.74 Å². The lowest BCUT2D eigenvalue weighted by Crippen LogP contribution is -2.66. The highest BCUT2D eigenvalue weighted by Crippen LogP contribution is 2.53. The van der Waals surface area contributed by atoms with Crippen molar-refractivity contribution in [1.29, 1.82) is 0 Å². The predicted molar refractivity (Wildman–Crippen MR) is 86.3 cm³/mol. The molecule has 0 heterocycles. The summed E-state index contributed by atoms with van der Waals surface area (Å²) < 4.78 is 5.99. The van der Waals surface area contributed by atoms with Crippen molar-refractivity contribution in [2.45, 2.75) is 76.9 Å². The summed E-state index contributed by atoms with van der Waals surface area (Å²) in [5.74, 6) is 1.44. The van der Waals surface area contributed by atoms with Crippen LogP contribution in [0, 0.1) is 11.3 Å². The Morgan fingerprint density at radius 3 is 2.62 bits per heavy atom. The van der Waals surface area contributed by atoms with E-state index in [1.807, 2.05) is 0 Å². The van der Waals surface area contributed by atoms with E-state index in [0.29, 0.717) is 23.5 Å². The lowest BCUT2D eigenvalue weighted by atomic mass is 9.55. The molecule has 0 aromatic carbocycles. The van der Waals surface area contributed by atoms with Crippen molar-refractivity contribution in [1.82, 2.24) is 5.32 Å². The Kier molecular flexibility index (Phi) is 4.72. The van der Waals surface area contributed by atoms with Crippen LogP contribution in [0.3, 0.4) is 0 Å². The first-order valence-corrected chi connectivity index (χ1v) is 8.92. The summed E-state index contributed by atoms with van der Waals surface area (Å²) in [6, 6.07) is 0.472. The van der Waals surface area contributed by atoms with Gasteiger partial charge in [0.1, 0.15) is 0 Å². The summed E-state index contributed by atoms with van der Waals surface area (Å²) in [6.07, 6.45) is 12.2. The molecule has 0 amide bonds. The van der Waals surface area contributed by atoms with Crippen molar-refractivity contribution in [2.24, 2.45) is 22.1 Å². The zero-order valence-corrected chi connectivity index (χ0v) is 13.4. The highest BCUT2D eigenvalue weighted by molar-refractivity contribution is 5.78. The summed E-state index contributed by atoms with van der Waals surface area (Å²) in [7, 11) is 0. The third-order valence-electron chi connectivity index (χ3n) is 6.00. The number of ether oxygens (including phenoxy) is 1. The van der Waals surface area contributed by atoms with Crippen LogP contribution in [0.15, 0.2) is 4.99 Å². The average Bonchev–Trinajstić information content (AvgIpc) is 2.45. The highest BCUT2D eigenvalue weighted by atomic mass is 16.5. The smallest absolute Gasteiger partial charge is 0.188 e. The first-order valence-electron chi connectivity index (χ1n) is 8.92. The molecule has 3 aliphatic rings. The van der Waals surface area contributed by atoms with Gasteiger partial charge in [0.2, 0.25) is 0 Å². The van der Waals surface area contributed by atoms with Crippen molar-refractivity contribution < 1.29 is 4.74 Å². The molecule has 3 saturated carbocycles. The van der Waals surface area contributed by atoms with E-state index < -0.39 is 0 Å². The second kappa shape index (κ2) is 6.55. The van der Waals surface area contributed by atoms with Gasteiger partial charge in [-0.15, -0.1) is 0 Å². The number of aliphatic imine (C=N–C) groups is 1. The molecular weight excluding hydrogens is 262 g/mol. The van der Waals surface area contributed by atoms with Crippen LogP contribution < -0.4 is 11.1 Å². The fourth-order valence-electron chi connectivity index (χ4n) is 4.39. The lowest BCUT2D eigenvalue weighted by molar-refractivity contribution is -0.145. The molecule has 3 rings (SSSR count). The minimum Gasteiger partial charge on any atom is -0.378 e. The quantitative estimate of drug-likeness (QED) is 0.605. The highest BCUT2D eigenvalue weighted by Gasteiger charge is 2.55. The van der Waals surface area contributed by atoms with Crippen molar-refractivity contribution in [3.63, 3.8) is 0 Å². The van der Waals surface area contributed by atoms with E-state index in [0.717, 1.165) is 25.5 Å². The molecule has 120 valence electrons. The number of nitrogens with one attached hydrogen (secondary N) is 1. The molecule has 1 spiro atoms. The molecule has 0 bridgehead atoms. The van der Waals surface area contributed by atoms with Crippen LogP contribution >= 0.6 is 0 Å². The van der Waals surface area contributed by atoms with Gasteiger partial charge in [-0.3, -0.25) is 4.99 Å². The number of rotatable bonds is 5. The molecule has 0 aromatic rings. The van der Waals surface area contributed by atoms with Crippen molar-refractivity contribution >= 4 is 5.96 Å². The monoisotopic (exact) mass is 293 g/mol. The Bertz CT molecular complexity index is 372. The van der Waals surface area contributed by atoms with E-state index in [-0.39, 0.29) is 0 Å². The molecule has 0 aromatic heterocycles. The zero-order valence-electron chi connectivity index (χ0n) is 13.4. The number of nitrogens with zero attached hydrogens (tertiary/aromatic N) is 1. The van der Waals surface area contributed by atoms with Gasteiger partial charge >= 0.3 is 0 Å². The van der Waals surface area contributed by atoms with Gasteiger partial charge in [0.25, 0.3) is 0 Å². The Balaban J connectivity index is 1.56. The normalized spacial score (nSPS) is 32.5. The first-order chi connectivity index (χ1) is 10.2. The van der Waals surface area contributed by atoms with Crippen LogP contribution in [0.25, 0.3) is 0 Å². The van der Waals surface area contributed by atoms with Crippen LogP contribution in [0.1, 0.15) is 64.7 Å². The molecule has 21 heavy (non-hydrogen) atoms. The largest absolute Gasteiger partial charge is 0.378 e. The van der Waals surface area contributed by atoms with E-state index in [4.69, 9.17) is 10.5 Å². The molecule has 2 atom stereocenters. The molecule has 0 radical (unpaired) electrons. The molecule has 3 N–H and O–H groups in total. The third-order valence-corrected chi connectivity index (χ3v) is 6.00. The van der Waals surface area contributed by atoms with E-state index in [2.05, 4.69) is 17.2 Å². The predicted octanol–water partition coefficient (Wildman–Crippen LogP) is 2.82. The Morgan fingerprint density at radius 1 is 1.24 bits per heavy atom. The van der Waals surface area contributed by atoms with Crippen LogP contribution in [0.5, 0.6) is 0 Å². The maximum atomic E-state index is 6.12. The SMILES string of the molecule is CCOC1CC(NC(N)=NCC2CCC2)C12CCCCC2. The standard InChI is InChI=1S/C17H31N3O/c1-2-21-15-11-14(17(15)9-4-3-5-10-17)20-16(18)19-12-13-7-6-8-13/h13-15H,2-12H2,1H3,(H3,18,19,20). The van der Waals surface area contributed by atoms with Gasteiger partial charge in [-0.1, -0.05) is 25.7 Å². The van der Waals surface area contributed by atoms with E-state index in [1.165, 1.54) is 51.4 Å². The van der Waals surface area contributed by atoms with Crippen LogP contribution in [0.4, 0.5) is 0 Å². The summed E-state index contributed by atoms with van der Waals surface area (Å²) in [5.41, 5.74) is 6.44. The van der Waals surface area contributed by atoms with Gasteiger partial charge in [0, 0.05) is 24.6 Å². The number of hydrogen-bond acceptors (Lipinski definition) is 2. The summed E-state index contributed by atoms with van der Waals surface area (Å²) >= 11 is 0. The van der Waals surface area contributed by atoms with Crippen LogP contribution in [0.2, 0.25) is 0 Å². The molecular formula is C17H31N3O. The molecule has 4 nitrogen and oxygen atoms in total. The van der Waals surface area contributed by atoms with Gasteiger partial charge in [0.05, 0.1) is 6.10 Å².